The maximum absolute atomic E-state index is 12.3. The van der Waals surface area contributed by atoms with Gasteiger partial charge in [-0.2, -0.15) is 0 Å². The van der Waals surface area contributed by atoms with Crippen LogP contribution in [0.1, 0.15) is 6.42 Å². The first-order valence-electron chi connectivity index (χ1n) is 7.83. The van der Waals surface area contributed by atoms with Crippen molar-refractivity contribution in [3.05, 3.63) is 29.3 Å². The molecule has 0 N–H and O–H groups in total. The second-order valence-electron chi connectivity index (χ2n) is 5.70. The predicted molar refractivity (Wildman–Crippen MR) is 87.8 cm³/mol. The number of cyclic esters (lactones) is 1. The zero-order valence-electron chi connectivity index (χ0n) is 12.9. The average molecular weight is 338 g/mol. The first-order valence-corrected chi connectivity index (χ1v) is 8.21. The van der Waals surface area contributed by atoms with Gasteiger partial charge in [0.05, 0.1) is 6.54 Å². The van der Waals surface area contributed by atoms with Crippen molar-refractivity contribution in [2.45, 2.75) is 6.42 Å². The average Bonchev–Trinajstić information content (AvgIpc) is 2.98. The Bertz CT molecular complexity index is 588. The first-order chi connectivity index (χ1) is 11.1. The molecule has 0 aliphatic carbocycles. The van der Waals surface area contributed by atoms with Gasteiger partial charge in [0.1, 0.15) is 6.61 Å². The lowest BCUT2D eigenvalue weighted by Crippen LogP contribution is -2.49. The molecule has 2 aliphatic rings. The highest BCUT2D eigenvalue weighted by atomic mass is 35.5. The lowest BCUT2D eigenvalue weighted by molar-refractivity contribution is -0.131. The van der Waals surface area contributed by atoms with Crippen LogP contribution >= 0.6 is 11.6 Å². The lowest BCUT2D eigenvalue weighted by atomic mass is 10.2. The van der Waals surface area contributed by atoms with Crippen molar-refractivity contribution < 1.29 is 14.3 Å². The minimum Gasteiger partial charge on any atom is -0.448 e. The fourth-order valence-electron chi connectivity index (χ4n) is 2.90. The van der Waals surface area contributed by atoms with Crippen LogP contribution in [-0.4, -0.2) is 67.7 Å². The van der Waals surface area contributed by atoms with E-state index in [0.29, 0.717) is 39.2 Å². The van der Waals surface area contributed by atoms with Crippen LogP contribution in [0.15, 0.2) is 24.3 Å². The number of hydrogen-bond acceptors (Lipinski definition) is 4. The van der Waals surface area contributed by atoms with Crippen molar-refractivity contribution >= 4 is 29.3 Å². The molecule has 0 bridgehead atoms. The van der Waals surface area contributed by atoms with E-state index >= 15 is 0 Å². The third-order valence-corrected chi connectivity index (χ3v) is 4.48. The van der Waals surface area contributed by atoms with E-state index in [9.17, 15) is 9.59 Å². The van der Waals surface area contributed by atoms with E-state index in [1.54, 1.807) is 4.90 Å². The smallest absolute Gasteiger partial charge is 0.409 e. The number of anilines is 1. The lowest BCUT2D eigenvalue weighted by Gasteiger charge is -2.36. The number of benzene rings is 1. The SMILES string of the molecule is O=C(CCN1CCOC1=O)N1CCN(c2cccc(Cl)c2)CC1. The van der Waals surface area contributed by atoms with Crippen LogP contribution in [0.2, 0.25) is 5.02 Å². The molecule has 0 unspecified atom stereocenters. The number of nitrogens with zero attached hydrogens (tertiary/aromatic N) is 3. The standard InChI is InChI=1S/C16H20ClN3O3/c17-13-2-1-3-14(12-13)18-6-8-19(9-7-18)15(21)4-5-20-10-11-23-16(20)22/h1-3,12H,4-11H2. The van der Waals surface area contributed by atoms with Gasteiger partial charge in [0, 0.05) is 49.9 Å². The molecule has 124 valence electrons. The van der Waals surface area contributed by atoms with Crippen LogP contribution in [0.3, 0.4) is 0 Å². The van der Waals surface area contributed by atoms with E-state index in [1.807, 2.05) is 29.2 Å². The molecule has 2 amide bonds. The van der Waals surface area contributed by atoms with E-state index in [2.05, 4.69) is 4.90 Å². The van der Waals surface area contributed by atoms with Crippen LogP contribution < -0.4 is 4.90 Å². The molecule has 2 saturated heterocycles. The van der Waals surface area contributed by atoms with Crippen molar-refractivity contribution in [1.29, 1.82) is 0 Å². The Labute approximate surface area is 140 Å². The summed E-state index contributed by atoms with van der Waals surface area (Å²) in [6, 6.07) is 7.76. The van der Waals surface area contributed by atoms with Crippen molar-refractivity contribution in [3.8, 4) is 0 Å². The van der Waals surface area contributed by atoms with E-state index in [0.717, 1.165) is 23.8 Å². The number of amides is 2. The number of hydrogen-bond donors (Lipinski definition) is 0. The highest BCUT2D eigenvalue weighted by molar-refractivity contribution is 6.30. The Morgan fingerprint density at radius 2 is 1.96 bits per heavy atom. The van der Waals surface area contributed by atoms with Gasteiger partial charge >= 0.3 is 6.09 Å². The molecule has 2 fully saturated rings. The Balaban J connectivity index is 1.46. The van der Waals surface area contributed by atoms with Gasteiger partial charge in [-0.1, -0.05) is 17.7 Å². The number of rotatable bonds is 4. The molecule has 0 saturated carbocycles. The quantitative estimate of drug-likeness (QED) is 0.841. The monoisotopic (exact) mass is 337 g/mol. The first kappa shape index (κ1) is 15.9. The van der Waals surface area contributed by atoms with Crippen LogP contribution in [0.25, 0.3) is 0 Å². The maximum atomic E-state index is 12.3. The molecular weight excluding hydrogens is 318 g/mol. The minimum atomic E-state index is -0.316. The van der Waals surface area contributed by atoms with Crippen molar-refractivity contribution in [2.24, 2.45) is 0 Å². The van der Waals surface area contributed by atoms with Crippen molar-refractivity contribution in [1.82, 2.24) is 9.80 Å². The van der Waals surface area contributed by atoms with E-state index in [-0.39, 0.29) is 12.0 Å². The van der Waals surface area contributed by atoms with Crippen LogP contribution in [-0.2, 0) is 9.53 Å². The maximum Gasteiger partial charge on any atom is 0.409 e. The Hall–Kier alpha value is -1.95. The van der Waals surface area contributed by atoms with E-state index in [4.69, 9.17) is 16.3 Å². The zero-order chi connectivity index (χ0) is 16.2. The molecule has 3 rings (SSSR count). The predicted octanol–water partition coefficient (Wildman–Crippen LogP) is 1.83. The Morgan fingerprint density at radius 1 is 1.17 bits per heavy atom. The molecule has 2 aliphatic heterocycles. The normalized spacial score (nSPS) is 18.3. The van der Waals surface area contributed by atoms with Crippen molar-refractivity contribution in [2.75, 3.05) is 50.8 Å². The third-order valence-electron chi connectivity index (χ3n) is 4.25. The van der Waals surface area contributed by atoms with Gasteiger partial charge in [0.25, 0.3) is 0 Å². The Morgan fingerprint density at radius 3 is 2.61 bits per heavy atom. The summed E-state index contributed by atoms with van der Waals surface area (Å²) in [5.74, 6) is 0.0930. The fraction of sp³-hybridized carbons (Fsp3) is 0.500. The highest BCUT2D eigenvalue weighted by Crippen LogP contribution is 2.21. The van der Waals surface area contributed by atoms with Gasteiger partial charge in [-0.05, 0) is 18.2 Å². The molecule has 23 heavy (non-hydrogen) atoms. The fourth-order valence-corrected chi connectivity index (χ4v) is 3.09. The second kappa shape index (κ2) is 7.08. The topological polar surface area (TPSA) is 53.1 Å². The minimum absolute atomic E-state index is 0.0930. The molecular formula is C16H20ClN3O3. The molecule has 6 nitrogen and oxygen atoms in total. The number of carbonyl (C=O) groups is 2. The summed E-state index contributed by atoms with van der Waals surface area (Å²) >= 11 is 6.02. The third kappa shape index (κ3) is 3.88. The van der Waals surface area contributed by atoms with Crippen LogP contribution in [0, 0.1) is 0 Å². The number of ether oxygens (including phenoxy) is 1. The highest BCUT2D eigenvalue weighted by Gasteiger charge is 2.25. The molecule has 0 atom stereocenters. The Kier molecular flexibility index (Phi) is 4.91. The van der Waals surface area contributed by atoms with Gasteiger partial charge in [0.15, 0.2) is 0 Å². The molecule has 7 heteroatoms. The molecule has 1 aromatic carbocycles. The molecule has 0 radical (unpaired) electrons. The summed E-state index contributed by atoms with van der Waals surface area (Å²) in [7, 11) is 0. The summed E-state index contributed by atoms with van der Waals surface area (Å²) in [5.41, 5.74) is 1.09. The number of piperazine rings is 1. The van der Waals surface area contributed by atoms with Gasteiger partial charge in [0.2, 0.25) is 5.91 Å². The zero-order valence-corrected chi connectivity index (χ0v) is 13.7. The van der Waals surface area contributed by atoms with E-state index in [1.165, 1.54) is 0 Å². The summed E-state index contributed by atoms with van der Waals surface area (Å²) in [6.07, 6.45) is 0.0373. The number of carbonyl (C=O) groups excluding carboxylic acids is 2. The van der Waals surface area contributed by atoms with Crippen LogP contribution in [0.5, 0.6) is 0 Å². The summed E-state index contributed by atoms with van der Waals surface area (Å²) in [6.45, 7) is 4.40. The summed E-state index contributed by atoms with van der Waals surface area (Å²) in [5, 5.41) is 0.721. The molecule has 0 spiro atoms. The summed E-state index contributed by atoms with van der Waals surface area (Å²) < 4.78 is 4.86. The molecule has 1 aromatic rings. The number of halogens is 1. The van der Waals surface area contributed by atoms with Gasteiger partial charge in [-0.25, -0.2) is 4.79 Å². The molecule has 2 heterocycles. The summed E-state index contributed by atoms with van der Waals surface area (Å²) in [4.78, 5) is 29.3. The van der Waals surface area contributed by atoms with Gasteiger partial charge < -0.3 is 19.4 Å². The van der Waals surface area contributed by atoms with Crippen molar-refractivity contribution in [3.63, 3.8) is 0 Å². The van der Waals surface area contributed by atoms with Crippen LogP contribution in [0.4, 0.5) is 10.5 Å². The van der Waals surface area contributed by atoms with E-state index < -0.39 is 0 Å². The largest absolute Gasteiger partial charge is 0.448 e. The molecule has 0 aromatic heterocycles. The van der Waals surface area contributed by atoms with Gasteiger partial charge in [-0.3, -0.25) is 4.79 Å². The second-order valence-corrected chi connectivity index (χ2v) is 6.14. The van der Waals surface area contributed by atoms with Gasteiger partial charge in [-0.15, -0.1) is 0 Å².